The Morgan fingerprint density at radius 1 is 1.04 bits per heavy atom. The molecule has 2 rings (SSSR count). The lowest BCUT2D eigenvalue weighted by atomic mass is 9.98. The van der Waals surface area contributed by atoms with Crippen LogP contribution in [0.3, 0.4) is 0 Å². The number of hydrogen-bond acceptors (Lipinski definition) is 15. The monoisotopic (exact) mass is 762 g/mol. The Labute approximate surface area is 300 Å². The molecule has 2 heterocycles. The number of nitrogens with zero attached hydrogens (tertiary/aromatic N) is 3. The van der Waals surface area contributed by atoms with Crippen molar-refractivity contribution >= 4 is 28.1 Å². The smallest absolute Gasteiger partial charge is 0.359 e. The minimum atomic E-state index is -4.36. The third-order valence-electron chi connectivity index (χ3n) is 7.03. The highest BCUT2D eigenvalue weighted by Crippen LogP contribution is 2.53. The molecule has 0 spiro atoms. The molecule has 1 aliphatic rings. The first-order valence-corrected chi connectivity index (χ1v) is 19.1. The lowest BCUT2D eigenvalue weighted by Crippen LogP contribution is -2.41. The molecule has 1 aliphatic heterocycles. The Morgan fingerprint density at radius 2 is 1.59 bits per heavy atom. The topological polar surface area (TPSA) is 207 Å². The highest BCUT2D eigenvalue weighted by atomic mass is 31.2. The SMILES string of the molecule is CO[C@H]1C(OP(OCCC#N)N(C(C)C)C(C)C)[C@@H](/C=C/P(=O)(OCOC(=O)C(C)(C)C)OCOC(=O)C(C)(C)C)O[C@H]1n1ccc(=O)[nH]c1=O. The number of aromatic nitrogens is 2. The van der Waals surface area contributed by atoms with Gasteiger partial charge in [-0.2, -0.15) is 5.26 Å². The normalized spacial score (nSPS) is 20.6. The van der Waals surface area contributed by atoms with Crippen LogP contribution in [-0.2, 0) is 51.2 Å². The van der Waals surface area contributed by atoms with E-state index < -0.39 is 88.3 Å². The summed E-state index contributed by atoms with van der Waals surface area (Å²) in [5.41, 5.74) is -3.17. The second-order valence-electron chi connectivity index (χ2n) is 14.1. The number of methoxy groups -OCH3 is 1. The molecule has 1 aromatic heterocycles. The summed E-state index contributed by atoms with van der Waals surface area (Å²) in [6.45, 7) is 16.1. The first-order chi connectivity index (χ1) is 23.6. The lowest BCUT2D eigenvalue weighted by molar-refractivity contribution is -0.161. The van der Waals surface area contributed by atoms with Crippen LogP contribution in [0, 0.1) is 22.2 Å². The third-order valence-corrected chi connectivity index (χ3v) is 10.6. The maximum atomic E-state index is 14.0. The molecule has 1 fully saturated rings. The molecule has 0 saturated carbocycles. The number of H-pyrrole nitrogens is 1. The number of nitriles is 1. The van der Waals surface area contributed by atoms with E-state index in [1.54, 1.807) is 41.5 Å². The Bertz CT molecular complexity index is 1500. The van der Waals surface area contributed by atoms with Gasteiger partial charge in [-0.15, -0.1) is 0 Å². The summed E-state index contributed by atoms with van der Waals surface area (Å²) in [5.74, 6) is -0.228. The Kier molecular flexibility index (Phi) is 16.8. The minimum Gasteiger partial charge on any atom is -0.438 e. The van der Waals surface area contributed by atoms with Crippen LogP contribution in [0.25, 0.3) is 0 Å². The van der Waals surface area contributed by atoms with Crippen LogP contribution in [0.15, 0.2) is 33.7 Å². The van der Waals surface area contributed by atoms with Crippen molar-refractivity contribution in [1.82, 2.24) is 14.2 Å². The van der Waals surface area contributed by atoms with Crippen molar-refractivity contribution in [3.05, 3.63) is 45.0 Å². The van der Waals surface area contributed by atoms with Crippen LogP contribution >= 0.6 is 16.1 Å². The molecular formula is C32H52N4O13P2. The molecule has 17 nitrogen and oxygen atoms in total. The van der Waals surface area contributed by atoms with E-state index >= 15 is 0 Å². The summed E-state index contributed by atoms with van der Waals surface area (Å²) in [6, 6.07) is 3.05. The van der Waals surface area contributed by atoms with Crippen molar-refractivity contribution < 1.29 is 51.2 Å². The van der Waals surface area contributed by atoms with E-state index in [-0.39, 0.29) is 25.1 Å². The summed E-state index contributed by atoms with van der Waals surface area (Å²) in [5, 5.41) is 9.17. The van der Waals surface area contributed by atoms with Crippen molar-refractivity contribution in [2.45, 2.75) is 112 Å². The maximum absolute atomic E-state index is 14.0. The molecule has 51 heavy (non-hydrogen) atoms. The van der Waals surface area contributed by atoms with Gasteiger partial charge in [-0.1, -0.05) is 0 Å². The standard InChI is InChI=1S/C32H52N4O13P2/c1-21(2)36(22(3)4)50(45-17-12-15-33)49-25-23(48-27(26(25)42-11)35-16-13-24(37)34-30(35)40)14-18-51(41,46-19-43-28(38)31(5,6)7)47-20-44-29(39)32(8,9)10/h13-14,16,18,21-23,25-27H,12,17,19-20H2,1-11H3,(H,34,37,40)/b18-14+/t23-,25?,26+,27-,50?/m1/s1. The Balaban J connectivity index is 2.59. The number of rotatable bonds is 18. The zero-order valence-electron chi connectivity index (χ0n) is 31.1. The quantitative estimate of drug-likeness (QED) is 0.0909. The summed E-state index contributed by atoms with van der Waals surface area (Å²) in [4.78, 5) is 51.6. The predicted octanol–water partition coefficient (Wildman–Crippen LogP) is 4.94. The summed E-state index contributed by atoms with van der Waals surface area (Å²) < 4.78 is 63.0. The van der Waals surface area contributed by atoms with Gasteiger partial charge in [-0.3, -0.25) is 37.5 Å². The summed E-state index contributed by atoms with van der Waals surface area (Å²) in [6.07, 6.45) is -1.70. The molecule has 0 amide bonds. The van der Waals surface area contributed by atoms with E-state index in [1.807, 2.05) is 38.4 Å². The number of aromatic amines is 1. The summed E-state index contributed by atoms with van der Waals surface area (Å²) in [7, 11) is -4.86. The predicted molar refractivity (Wildman–Crippen MR) is 186 cm³/mol. The summed E-state index contributed by atoms with van der Waals surface area (Å²) >= 11 is 0. The van der Waals surface area contributed by atoms with Gasteiger partial charge in [0.1, 0.15) is 18.3 Å². The lowest BCUT2D eigenvalue weighted by Gasteiger charge is -2.38. The number of esters is 2. The van der Waals surface area contributed by atoms with E-state index in [2.05, 4.69) is 4.98 Å². The molecule has 0 aromatic carbocycles. The minimum absolute atomic E-state index is 0.0597. The van der Waals surface area contributed by atoms with Crippen LogP contribution in [0.4, 0.5) is 0 Å². The molecular weight excluding hydrogens is 710 g/mol. The van der Waals surface area contributed by atoms with Crippen LogP contribution < -0.4 is 11.2 Å². The zero-order chi connectivity index (χ0) is 38.7. The average Bonchev–Trinajstić information content (AvgIpc) is 3.35. The number of carbonyl (C=O) groups excluding carboxylic acids is 2. The van der Waals surface area contributed by atoms with Crippen molar-refractivity contribution in [2.24, 2.45) is 10.8 Å². The molecule has 5 atom stereocenters. The van der Waals surface area contributed by atoms with Crippen molar-refractivity contribution in [3.63, 3.8) is 0 Å². The van der Waals surface area contributed by atoms with Gasteiger partial charge in [0.05, 0.1) is 29.9 Å². The molecule has 1 aromatic rings. The Hall–Kier alpha value is -2.77. The molecule has 2 unspecified atom stereocenters. The average molecular weight is 763 g/mol. The van der Waals surface area contributed by atoms with E-state index in [9.17, 15) is 23.7 Å². The highest BCUT2D eigenvalue weighted by Gasteiger charge is 2.49. The molecule has 1 N–H and O–H groups in total. The van der Waals surface area contributed by atoms with Crippen LogP contribution in [0.2, 0.25) is 0 Å². The first-order valence-electron chi connectivity index (χ1n) is 16.3. The fourth-order valence-corrected chi connectivity index (χ4v) is 7.27. The van der Waals surface area contributed by atoms with Crippen LogP contribution in [-0.4, -0.2) is 83.9 Å². The van der Waals surface area contributed by atoms with Gasteiger partial charge in [-0.05, 0) is 75.3 Å². The molecule has 0 radical (unpaired) electrons. The maximum Gasteiger partial charge on any atom is 0.359 e. The fourth-order valence-electron chi connectivity index (χ4n) is 4.49. The van der Waals surface area contributed by atoms with Crippen LogP contribution in [0.1, 0.15) is 81.9 Å². The largest absolute Gasteiger partial charge is 0.438 e. The van der Waals surface area contributed by atoms with Gasteiger partial charge in [0, 0.05) is 37.3 Å². The number of hydrogen-bond donors (Lipinski definition) is 1. The number of nitrogens with one attached hydrogen (secondary N) is 1. The molecule has 0 bridgehead atoms. The van der Waals surface area contributed by atoms with Crippen molar-refractivity contribution in [3.8, 4) is 6.07 Å². The van der Waals surface area contributed by atoms with Crippen LogP contribution in [0.5, 0.6) is 0 Å². The second kappa shape index (κ2) is 19.3. The van der Waals surface area contributed by atoms with E-state index in [1.165, 1.54) is 19.4 Å². The number of ether oxygens (including phenoxy) is 4. The van der Waals surface area contributed by atoms with Gasteiger partial charge in [-0.25, -0.2) is 9.46 Å². The van der Waals surface area contributed by atoms with Gasteiger partial charge in [0.25, 0.3) is 14.1 Å². The van der Waals surface area contributed by atoms with E-state index in [4.69, 9.17) is 42.3 Å². The van der Waals surface area contributed by atoms with Crippen molar-refractivity contribution in [2.75, 3.05) is 27.3 Å². The molecule has 1 saturated heterocycles. The highest BCUT2D eigenvalue weighted by molar-refractivity contribution is 7.57. The molecule has 19 heteroatoms. The molecule has 0 aliphatic carbocycles. The van der Waals surface area contributed by atoms with E-state index in [0.717, 1.165) is 16.5 Å². The number of carbonyl (C=O) groups is 2. The first kappa shape index (κ1) is 44.4. The fraction of sp³-hybridized carbons (Fsp3) is 0.719. The zero-order valence-corrected chi connectivity index (χ0v) is 32.9. The van der Waals surface area contributed by atoms with Gasteiger partial charge in [0.15, 0.2) is 6.23 Å². The Morgan fingerprint density at radius 3 is 2.04 bits per heavy atom. The van der Waals surface area contributed by atoms with Gasteiger partial charge < -0.3 is 28.0 Å². The third kappa shape index (κ3) is 13.3. The molecule has 288 valence electrons. The van der Waals surface area contributed by atoms with Gasteiger partial charge >= 0.3 is 25.2 Å². The van der Waals surface area contributed by atoms with Crippen molar-refractivity contribution in [1.29, 1.82) is 5.26 Å². The second-order valence-corrected chi connectivity index (χ2v) is 17.4. The van der Waals surface area contributed by atoms with E-state index in [0.29, 0.717) is 0 Å². The van der Waals surface area contributed by atoms with Gasteiger partial charge in [0.2, 0.25) is 13.6 Å².